The molecule has 2 rings (SSSR count). The summed E-state index contributed by atoms with van der Waals surface area (Å²) in [6.07, 6.45) is 1.36. The molecule has 0 bridgehead atoms. The van der Waals surface area contributed by atoms with E-state index < -0.39 is 0 Å². The summed E-state index contributed by atoms with van der Waals surface area (Å²) in [7, 11) is 1.59. The number of carbonyl (C=O) groups excluding carboxylic acids is 1. The number of halogens is 1. The summed E-state index contributed by atoms with van der Waals surface area (Å²) in [4.78, 5) is 17.6. The van der Waals surface area contributed by atoms with Gasteiger partial charge in [-0.1, -0.05) is 23.7 Å². The van der Waals surface area contributed by atoms with E-state index >= 15 is 0 Å². The second-order valence-corrected chi connectivity index (χ2v) is 4.49. The third-order valence-corrected chi connectivity index (χ3v) is 3.11. The van der Waals surface area contributed by atoms with Crippen molar-refractivity contribution in [3.05, 3.63) is 52.7 Å². The molecular weight excluding hydrogens is 276 g/mol. The molecule has 0 aliphatic carbocycles. The van der Waals surface area contributed by atoms with Gasteiger partial charge in [0.2, 0.25) is 0 Å². The normalized spacial score (nSPS) is 9.85. The molecule has 1 aromatic carbocycles. The molecule has 0 saturated carbocycles. The average Bonchev–Trinajstić information content (AvgIpc) is 2.48. The molecule has 0 saturated heterocycles. The topological polar surface area (TPSA) is 83.0 Å². The predicted octanol–water partition coefficient (Wildman–Crippen LogP) is 2.47. The number of nitrogens with two attached hydrogens (primary N) is 1. The van der Waals surface area contributed by atoms with E-state index in [-0.39, 0.29) is 16.7 Å². The molecule has 0 radical (unpaired) electrons. The van der Waals surface area contributed by atoms with Crippen molar-refractivity contribution in [1.82, 2.24) is 4.98 Å². The number of pyridine rings is 1. The standard InChI is InChI=1S/C14H11ClN4O/c1-19(12-5-3-2-4-9(12)7-16)14(20)10-6-11(15)13(17)18-8-10/h2-6,8H,1H3,(H2,17,18). The van der Waals surface area contributed by atoms with E-state index in [9.17, 15) is 4.79 Å². The Hall–Kier alpha value is -2.58. The Balaban J connectivity index is 2.38. The maximum absolute atomic E-state index is 12.4. The molecule has 1 heterocycles. The van der Waals surface area contributed by atoms with Gasteiger partial charge >= 0.3 is 0 Å². The van der Waals surface area contributed by atoms with E-state index in [1.807, 2.05) is 6.07 Å². The first-order valence-electron chi connectivity index (χ1n) is 5.72. The zero-order chi connectivity index (χ0) is 14.7. The van der Waals surface area contributed by atoms with Crippen LogP contribution in [0.2, 0.25) is 5.02 Å². The number of hydrogen-bond acceptors (Lipinski definition) is 4. The molecule has 5 nitrogen and oxygen atoms in total. The summed E-state index contributed by atoms with van der Waals surface area (Å²) in [5, 5.41) is 9.28. The third kappa shape index (κ3) is 2.56. The summed E-state index contributed by atoms with van der Waals surface area (Å²) < 4.78 is 0. The molecule has 0 spiro atoms. The van der Waals surface area contributed by atoms with Gasteiger partial charge in [0.05, 0.1) is 21.8 Å². The van der Waals surface area contributed by atoms with E-state index in [0.717, 1.165) is 0 Å². The largest absolute Gasteiger partial charge is 0.382 e. The summed E-state index contributed by atoms with van der Waals surface area (Å²) in [5.41, 5.74) is 6.75. The lowest BCUT2D eigenvalue weighted by molar-refractivity contribution is 0.0992. The summed E-state index contributed by atoms with van der Waals surface area (Å²) in [6.45, 7) is 0. The number of nitriles is 1. The Bertz CT molecular complexity index is 709. The first-order valence-corrected chi connectivity index (χ1v) is 6.10. The quantitative estimate of drug-likeness (QED) is 0.919. The number of nitrogen functional groups attached to an aromatic ring is 1. The van der Waals surface area contributed by atoms with Crippen LogP contribution in [0.15, 0.2) is 36.5 Å². The Morgan fingerprint density at radius 2 is 2.15 bits per heavy atom. The van der Waals surface area contributed by atoms with Gasteiger partial charge < -0.3 is 10.6 Å². The van der Waals surface area contributed by atoms with Crippen LogP contribution in [0.1, 0.15) is 15.9 Å². The highest BCUT2D eigenvalue weighted by Crippen LogP contribution is 2.22. The number of nitrogens with zero attached hydrogens (tertiary/aromatic N) is 3. The van der Waals surface area contributed by atoms with Crippen LogP contribution < -0.4 is 10.6 Å². The molecule has 1 amide bonds. The molecule has 1 aromatic heterocycles. The van der Waals surface area contributed by atoms with Crippen LogP contribution in [0.3, 0.4) is 0 Å². The number of para-hydroxylation sites is 1. The number of aromatic nitrogens is 1. The number of anilines is 2. The fourth-order valence-corrected chi connectivity index (χ4v) is 1.90. The molecule has 100 valence electrons. The van der Waals surface area contributed by atoms with Crippen molar-refractivity contribution in [2.45, 2.75) is 0 Å². The predicted molar refractivity (Wildman–Crippen MR) is 77.5 cm³/mol. The van der Waals surface area contributed by atoms with E-state index in [1.54, 1.807) is 31.3 Å². The fraction of sp³-hybridized carbons (Fsp3) is 0.0714. The highest BCUT2D eigenvalue weighted by molar-refractivity contribution is 6.33. The molecule has 0 unspecified atom stereocenters. The van der Waals surface area contributed by atoms with E-state index in [2.05, 4.69) is 4.98 Å². The Kier molecular flexibility index (Phi) is 3.87. The molecule has 0 aliphatic heterocycles. The van der Waals surface area contributed by atoms with Crippen LogP contribution in [-0.2, 0) is 0 Å². The van der Waals surface area contributed by atoms with Gasteiger partial charge in [0, 0.05) is 13.2 Å². The number of amides is 1. The van der Waals surface area contributed by atoms with Crippen molar-refractivity contribution in [1.29, 1.82) is 5.26 Å². The molecule has 6 heteroatoms. The van der Waals surface area contributed by atoms with Crippen LogP contribution in [0.4, 0.5) is 11.5 Å². The maximum Gasteiger partial charge on any atom is 0.259 e. The first-order chi connectivity index (χ1) is 9.54. The van der Waals surface area contributed by atoms with Crippen LogP contribution in [-0.4, -0.2) is 17.9 Å². The zero-order valence-electron chi connectivity index (χ0n) is 10.7. The van der Waals surface area contributed by atoms with Crippen LogP contribution in [0, 0.1) is 11.3 Å². The summed E-state index contributed by atoms with van der Waals surface area (Å²) in [5.74, 6) is -0.148. The summed E-state index contributed by atoms with van der Waals surface area (Å²) in [6, 6.07) is 10.3. The monoisotopic (exact) mass is 286 g/mol. The van der Waals surface area contributed by atoms with Crippen LogP contribution >= 0.6 is 11.6 Å². The minimum Gasteiger partial charge on any atom is -0.382 e. The number of carbonyl (C=O) groups is 1. The zero-order valence-corrected chi connectivity index (χ0v) is 11.4. The molecule has 0 atom stereocenters. The van der Waals surface area contributed by atoms with Crippen molar-refractivity contribution >= 4 is 29.0 Å². The van der Waals surface area contributed by atoms with E-state index in [0.29, 0.717) is 16.8 Å². The lowest BCUT2D eigenvalue weighted by Gasteiger charge is -2.18. The fourth-order valence-electron chi connectivity index (χ4n) is 1.73. The number of rotatable bonds is 2. The van der Waals surface area contributed by atoms with Gasteiger partial charge in [-0.05, 0) is 18.2 Å². The smallest absolute Gasteiger partial charge is 0.259 e. The first kappa shape index (κ1) is 13.8. The van der Waals surface area contributed by atoms with Crippen LogP contribution in [0.25, 0.3) is 0 Å². The summed E-state index contributed by atoms with van der Waals surface area (Å²) >= 11 is 5.86. The highest BCUT2D eigenvalue weighted by atomic mass is 35.5. The Morgan fingerprint density at radius 1 is 1.45 bits per heavy atom. The lowest BCUT2D eigenvalue weighted by Crippen LogP contribution is -2.27. The average molecular weight is 287 g/mol. The van der Waals surface area contributed by atoms with Crippen molar-refractivity contribution in [2.24, 2.45) is 0 Å². The van der Waals surface area contributed by atoms with Crippen LogP contribution in [0.5, 0.6) is 0 Å². The lowest BCUT2D eigenvalue weighted by atomic mass is 10.1. The van der Waals surface area contributed by atoms with Gasteiger partial charge in [0.25, 0.3) is 5.91 Å². The minimum atomic E-state index is -0.318. The molecule has 2 N–H and O–H groups in total. The maximum atomic E-state index is 12.4. The van der Waals surface area contributed by atoms with Gasteiger partial charge in [-0.15, -0.1) is 0 Å². The molecular formula is C14H11ClN4O. The number of benzene rings is 1. The van der Waals surface area contributed by atoms with Crippen molar-refractivity contribution < 1.29 is 4.79 Å². The van der Waals surface area contributed by atoms with Gasteiger partial charge in [-0.2, -0.15) is 5.26 Å². The minimum absolute atomic E-state index is 0.170. The van der Waals surface area contributed by atoms with Gasteiger partial charge in [-0.3, -0.25) is 4.79 Å². The van der Waals surface area contributed by atoms with Gasteiger partial charge in [0.1, 0.15) is 11.9 Å². The second-order valence-electron chi connectivity index (χ2n) is 4.08. The van der Waals surface area contributed by atoms with Crippen molar-refractivity contribution in [3.8, 4) is 6.07 Å². The molecule has 0 fully saturated rings. The SMILES string of the molecule is CN(C(=O)c1cnc(N)c(Cl)c1)c1ccccc1C#N. The second kappa shape index (κ2) is 5.59. The van der Waals surface area contributed by atoms with E-state index in [4.69, 9.17) is 22.6 Å². The molecule has 20 heavy (non-hydrogen) atoms. The molecule has 2 aromatic rings. The third-order valence-electron chi connectivity index (χ3n) is 2.81. The van der Waals surface area contributed by atoms with Crippen molar-refractivity contribution in [2.75, 3.05) is 17.7 Å². The van der Waals surface area contributed by atoms with Gasteiger partial charge in [0.15, 0.2) is 0 Å². The highest BCUT2D eigenvalue weighted by Gasteiger charge is 2.17. The number of hydrogen-bond donors (Lipinski definition) is 1. The van der Waals surface area contributed by atoms with Crippen molar-refractivity contribution in [3.63, 3.8) is 0 Å². The van der Waals surface area contributed by atoms with Gasteiger partial charge in [-0.25, -0.2) is 4.98 Å². The van der Waals surface area contributed by atoms with E-state index in [1.165, 1.54) is 17.2 Å². The Morgan fingerprint density at radius 3 is 2.80 bits per heavy atom. The Labute approximate surface area is 121 Å². The molecule has 0 aliphatic rings.